The normalized spacial score (nSPS) is 17.7. The molecule has 0 aromatic rings. The molecule has 0 spiro atoms. The van der Waals surface area contributed by atoms with Crippen LogP contribution in [0, 0.1) is 0 Å². The average Bonchev–Trinajstić information content (AvgIpc) is 1.99. The number of rotatable bonds is 4. The van der Waals surface area contributed by atoms with Crippen molar-refractivity contribution in [1.82, 2.24) is 4.90 Å². The molecular formula is C8H16N2OS. The van der Waals surface area contributed by atoms with Gasteiger partial charge in [-0.15, -0.1) is 0 Å². The molecule has 2 N–H and O–H groups in total. The van der Waals surface area contributed by atoms with Crippen LogP contribution >= 0.6 is 11.8 Å². The van der Waals surface area contributed by atoms with E-state index in [1.165, 1.54) is 0 Å². The fourth-order valence-corrected chi connectivity index (χ4v) is 1.79. The van der Waals surface area contributed by atoms with E-state index >= 15 is 0 Å². The first-order chi connectivity index (χ1) is 5.74. The van der Waals surface area contributed by atoms with E-state index in [9.17, 15) is 4.79 Å². The van der Waals surface area contributed by atoms with Crippen LogP contribution < -0.4 is 5.73 Å². The summed E-state index contributed by atoms with van der Waals surface area (Å²) in [6.07, 6.45) is 0.672. The maximum Gasteiger partial charge on any atom is 0.223 e. The largest absolute Gasteiger partial charge is 0.339 e. The van der Waals surface area contributed by atoms with Crippen molar-refractivity contribution in [2.75, 3.05) is 24.6 Å². The molecule has 0 saturated carbocycles. The third kappa shape index (κ3) is 2.68. The molecule has 4 heteroatoms. The fourth-order valence-electron chi connectivity index (χ4n) is 1.18. The van der Waals surface area contributed by atoms with E-state index in [2.05, 4.69) is 6.92 Å². The third-order valence-corrected chi connectivity index (χ3v) is 2.83. The Kier molecular flexibility index (Phi) is 3.88. The zero-order valence-electron chi connectivity index (χ0n) is 7.45. The number of hydrogen-bond acceptors (Lipinski definition) is 3. The van der Waals surface area contributed by atoms with Crippen molar-refractivity contribution in [3.05, 3.63) is 0 Å². The Morgan fingerprint density at radius 3 is 2.83 bits per heavy atom. The summed E-state index contributed by atoms with van der Waals surface area (Å²) >= 11 is 1.81. The summed E-state index contributed by atoms with van der Waals surface area (Å²) in [4.78, 5) is 13.1. The van der Waals surface area contributed by atoms with E-state index in [-0.39, 0.29) is 11.9 Å². The molecular weight excluding hydrogens is 172 g/mol. The second-order valence-electron chi connectivity index (χ2n) is 3.01. The molecule has 0 atom stereocenters. The molecule has 1 heterocycles. The van der Waals surface area contributed by atoms with Gasteiger partial charge in [0.25, 0.3) is 0 Å². The summed E-state index contributed by atoms with van der Waals surface area (Å²) in [7, 11) is 0. The first-order valence-electron chi connectivity index (χ1n) is 4.35. The molecule has 0 aromatic heterocycles. The van der Waals surface area contributed by atoms with E-state index in [0.29, 0.717) is 6.42 Å². The topological polar surface area (TPSA) is 46.3 Å². The highest BCUT2D eigenvalue weighted by atomic mass is 32.2. The summed E-state index contributed by atoms with van der Waals surface area (Å²) in [5, 5.41) is 0. The van der Waals surface area contributed by atoms with Crippen molar-refractivity contribution < 1.29 is 4.79 Å². The zero-order valence-corrected chi connectivity index (χ0v) is 8.27. The van der Waals surface area contributed by atoms with Gasteiger partial charge in [-0.05, 0) is 5.75 Å². The van der Waals surface area contributed by atoms with E-state index in [4.69, 9.17) is 5.73 Å². The van der Waals surface area contributed by atoms with Crippen molar-refractivity contribution in [1.29, 1.82) is 0 Å². The average molecular weight is 188 g/mol. The Hall–Kier alpha value is -0.220. The lowest BCUT2D eigenvalue weighted by atomic mass is 10.1. The zero-order chi connectivity index (χ0) is 8.97. The highest BCUT2D eigenvalue weighted by molar-refractivity contribution is 7.99. The van der Waals surface area contributed by atoms with Gasteiger partial charge < -0.3 is 10.6 Å². The molecule has 1 saturated heterocycles. The minimum atomic E-state index is 0.229. The molecule has 0 bridgehead atoms. The molecule has 70 valence electrons. The highest BCUT2D eigenvalue weighted by Gasteiger charge is 2.26. The third-order valence-electron chi connectivity index (χ3n) is 1.93. The van der Waals surface area contributed by atoms with Crippen molar-refractivity contribution in [3.63, 3.8) is 0 Å². The second kappa shape index (κ2) is 4.72. The summed E-state index contributed by atoms with van der Waals surface area (Å²) in [5.74, 6) is 2.30. The number of nitrogens with two attached hydrogens (primary N) is 1. The number of nitrogens with zero attached hydrogens (tertiary/aromatic N) is 1. The monoisotopic (exact) mass is 188 g/mol. The predicted octanol–water partition coefficient (Wildman–Crippen LogP) is 0.299. The minimum Gasteiger partial charge on any atom is -0.339 e. The van der Waals surface area contributed by atoms with Crippen molar-refractivity contribution in [2.24, 2.45) is 5.73 Å². The van der Waals surface area contributed by atoms with Gasteiger partial charge in [-0.1, -0.05) is 6.92 Å². The number of likely N-dealkylation sites (tertiary alicyclic amines) is 1. The van der Waals surface area contributed by atoms with Gasteiger partial charge >= 0.3 is 0 Å². The van der Waals surface area contributed by atoms with Crippen LogP contribution in [0.5, 0.6) is 0 Å². The van der Waals surface area contributed by atoms with Gasteiger partial charge in [0.1, 0.15) is 0 Å². The number of thioether (sulfide) groups is 1. The van der Waals surface area contributed by atoms with Gasteiger partial charge in [-0.3, -0.25) is 4.79 Å². The van der Waals surface area contributed by atoms with Crippen LogP contribution in [0.4, 0.5) is 0 Å². The quantitative estimate of drug-likeness (QED) is 0.645. The lowest BCUT2D eigenvalue weighted by molar-refractivity contribution is -0.134. The maximum atomic E-state index is 11.3. The first-order valence-corrected chi connectivity index (χ1v) is 5.50. The van der Waals surface area contributed by atoms with Gasteiger partial charge in [0.2, 0.25) is 5.91 Å². The predicted molar refractivity (Wildman–Crippen MR) is 52.2 cm³/mol. The summed E-state index contributed by atoms with van der Waals surface area (Å²) < 4.78 is 0. The summed E-state index contributed by atoms with van der Waals surface area (Å²) in [5.41, 5.74) is 5.56. The van der Waals surface area contributed by atoms with Gasteiger partial charge in [0.15, 0.2) is 0 Å². The molecule has 1 aliphatic heterocycles. The minimum absolute atomic E-state index is 0.229. The highest BCUT2D eigenvalue weighted by Crippen LogP contribution is 2.09. The number of amides is 1. The molecule has 1 fully saturated rings. The molecule has 0 aromatic carbocycles. The van der Waals surface area contributed by atoms with Crippen LogP contribution in [0.15, 0.2) is 0 Å². The van der Waals surface area contributed by atoms with Gasteiger partial charge in [-0.2, -0.15) is 11.8 Å². The van der Waals surface area contributed by atoms with Crippen LogP contribution in [0.1, 0.15) is 13.3 Å². The van der Waals surface area contributed by atoms with Crippen molar-refractivity contribution in [3.8, 4) is 0 Å². The van der Waals surface area contributed by atoms with Gasteiger partial charge in [-0.25, -0.2) is 0 Å². The maximum absolute atomic E-state index is 11.3. The summed E-state index contributed by atoms with van der Waals surface area (Å²) in [6.45, 7) is 3.62. The molecule has 12 heavy (non-hydrogen) atoms. The molecule has 1 aliphatic rings. The Labute approximate surface area is 77.7 Å². The molecule has 0 radical (unpaired) electrons. The van der Waals surface area contributed by atoms with E-state index in [1.807, 2.05) is 16.7 Å². The molecule has 0 aliphatic carbocycles. The molecule has 0 unspecified atom stereocenters. The van der Waals surface area contributed by atoms with E-state index in [1.54, 1.807) is 0 Å². The van der Waals surface area contributed by atoms with Crippen LogP contribution in [0.3, 0.4) is 0 Å². The molecule has 1 amide bonds. The van der Waals surface area contributed by atoms with E-state index in [0.717, 1.165) is 24.6 Å². The van der Waals surface area contributed by atoms with Crippen LogP contribution in [-0.4, -0.2) is 41.4 Å². The Morgan fingerprint density at radius 2 is 2.33 bits per heavy atom. The van der Waals surface area contributed by atoms with Gasteiger partial charge in [0, 0.05) is 31.3 Å². The Bertz CT molecular complexity index is 157. The summed E-state index contributed by atoms with van der Waals surface area (Å²) in [6, 6.07) is 0.229. The van der Waals surface area contributed by atoms with Crippen LogP contribution in [-0.2, 0) is 4.79 Å². The Balaban J connectivity index is 2.04. The number of carbonyl (C=O) groups excluding carboxylic acids is 1. The van der Waals surface area contributed by atoms with Crippen LogP contribution in [0.25, 0.3) is 0 Å². The number of hydrogen-bond donors (Lipinski definition) is 1. The lowest BCUT2D eigenvalue weighted by Gasteiger charge is -2.36. The lowest BCUT2D eigenvalue weighted by Crippen LogP contribution is -2.57. The SMILES string of the molecule is CCSCCC(=O)N1CC(N)C1. The standard InChI is InChI=1S/C8H16N2OS/c1-2-12-4-3-8(11)10-5-7(9)6-10/h7H,2-6,9H2,1H3. The fraction of sp³-hybridized carbons (Fsp3) is 0.875. The van der Waals surface area contributed by atoms with E-state index < -0.39 is 0 Å². The van der Waals surface area contributed by atoms with Crippen LogP contribution in [0.2, 0.25) is 0 Å². The smallest absolute Gasteiger partial charge is 0.223 e. The molecule has 1 rings (SSSR count). The van der Waals surface area contributed by atoms with Gasteiger partial charge in [0.05, 0.1) is 0 Å². The Morgan fingerprint density at radius 1 is 1.67 bits per heavy atom. The second-order valence-corrected chi connectivity index (χ2v) is 4.40. The molecule has 3 nitrogen and oxygen atoms in total. The number of carbonyl (C=O) groups is 1. The first kappa shape index (κ1) is 9.86. The van der Waals surface area contributed by atoms with Crippen molar-refractivity contribution in [2.45, 2.75) is 19.4 Å². The van der Waals surface area contributed by atoms with Crippen molar-refractivity contribution >= 4 is 17.7 Å².